The Morgan fingerprint density at radius 3 is 2.84 bits per heavy atom. The molecule has 1 unspecified atom stereocenters. The highest BCUT2D eigenvalue weighted by Crippen LogP contribution is 2.25. The van der Waals surface area contributed by atoms with Gasteiger partial charge in [0.05, 0.1) is 0 Å². The average Bonchev–Trinajstić information content (AvgIpc) is 2.43. The van der Waals surface area contributed by atoms with Crippen molar-refractivity contribution in [2.24, 2.45) is 5.92 Å². The van der Waals surface area contributed by atoms with Crippen molar-refractivity contribution in [1.82, 2.24) is 10.6 Å². The maximum absolute atomic E-state index is 3.58. The van der Waals surface area contributed by atoms with Gasteiger partial charge < -0.3 is 10.6 Å². The molecule has 0 spiro atoms. The van der Waals surface area contributed by atoms with Crippen LogP contribution in [-0.4, -0.2) is 26.2 Å². The molecule has 3 aliphatic rings. The summed E-state index contributed by atoms with van der Waals surface area (Å²) in [6.45, 7) is 6.48. The summed E-state index contributed by atoms with van der Waals surface area (Å²) in [5.74, 6) is 0.856. The molecule has 0 fully saturated rings. The molecule has 0 saturated carbocycles. The molecule has 0 radical (unpaired) electrons. The van der Waals surface area contributed by atoms with E-state index >= 15 is 0 Å². The van der Waals surface area contributed by atoms with Gasteiger partial charge in [-0.05, 0) is 51.5 Å². The van der Waals surface area contributed by atoms with Crippen LogP contribution in [0.4, 0.5) is 0 Å². The summed E-state index contributed by atoms with van der Waals surface area (Å²) in [4.78, 5) is 0. The van der Waals surface area contributed by atoms with Crippen molar-refractivity contribution in [3.05, 3.63) is 35.5 Å². The normalized spacial score (nSPS) is 31.3. The van der Waals surface area contributed by atoms with Crippen molar-refractivity contribution in [2.45, 2.75) is 39.0 Å². The minimum Gasteiger partial charge on any atom is -0.315 e. The molecule has 2 heterocycles. The van der Waals surface area contributed by atoms with Crippen LogP contribution in [0.15, 0.2) is 35.5 Å². The Bertz CT molecular complexity index is 352. The van der Waals surface area contributed by atoms with Crippen LogP contribution in [-0.2, 0) is 0 Å². The predicted molar refractivity (Wildman–Crippen MR) is 83.3 cm³/mol. The van der Waals surface area contributed by atoms with E-state index in [9.17, 15) is 0 Å². The van der Waals surface area contributed by atoms with Gasteiger partial charge in [0, 0.05) is 19.6 Å². The second-order valence-electron chi connectivity index (χ2n) is 5.80. The minimum atomic E-state index is 0.856. The molecule has 1 atom stereocenters. The Morgan fingerprint density at radius 1 is 1.11 bits per heavy atom. The molecule has 2 bridgehead atoms. The van der Waals surface area contributed by atoms with Gasteiger partial charge in [-0.15, -0.1) is 0 Å². The fourth-order valence-corrected chi connectivity index (χ4v) is 2.78. The number of allylic oxidation sites excluding steroid dienone is 5. The fraction of sp³-hybridized carbons (Fsp3) is 0.647. The van der Waals surface area contributed by atoms with Crippen LogP contribution in [0.25, 0.3) is 0 Å². The summed E-state index contributed by atoms with van der Waals surface area (Å²) in [6, 6.07) is 0. The molecule has 0 aromatic carbocycles. The molecule has 2 N–H and O–H groups in total. The van der Waals surface area contributed by atoms with E-state index in [1.165, 1.54) is 44.2 Å². The Hall–Kier alpha value is -0.860. The van der Waals surface area contributed by atoms with Crippen LogP contribution in [0.1, 0.15) is 39.0 Å². The highest BCUT2D eigenvalue weighted by molar-refractivity contribution is 5.17. The largest absolute Gasteiger partial charge is 0.315 e. The first-order valence-corrected chi connectivity index (χ1v) is 7.77. The Morgan fingerprint density at radius 2 is 2.00 bits per heavy atom. The first kappa shape index (κ1) is 14.5. The first-order chi connectivity index (χ1) is 9.34. The molecular formula is C17H28N2. The van der Waals surface area contributed by atoms with Crippen LogP contribution in [0, 0.1) is 5.92 Å². The standard InChI is InChI=1S/C17H28N2/c1-15-4-2-3-5-16-6-8-17(9-7-16)14-19-13-12-18-11-10-15/h2,4,6,10,17-19H,3,5,7-9,11-14H2,1H3/b4-2+,15-10+. The van der Waals surface area contributed by atoms with E-state index in [0.29, 0.717) is 0 Å². The highest BCUT2D eigenvalue weighted by atomic mass is 14.9. The smallest absolute Gasteiger partial charge is 0.0141 e. The number of rotatable bonds is 0. The predicted octanol–water partition coefficient (Wildman–Crippen LogP) is 3.19. The maximum atomic E-state index is 3.58. The van der Waals surface area contributed by atoms with E-state index < -0.39 is 0 Å². The number of fused-ring (bicyclic) bond motifs is 11. The van der Waals surface area contributed by atoms with Gasteiger partial charge in [-0.25, -0.2) is 0 Å². The van der Waals surface area contributed by atoms with Gasteiger partial charge in [-0.1, -0.05) is 35.5 Å². The minimum absolute atomic E-state index is 0.856. The third-order valence-corrected chi connectivity index (χ3v) is 4.11. The second-order valence-corrected chi connectivity index (χ2v) is 5.80. The van der Waals surface area contributed by atoms with Crippen molar-refractivity contribution in [3.8, 4) is 0 Å². The summed E-state index contributed by atoms with van der Waals surface area (Å²) in [5.41, 5.74) is 3.04. The van der Waals surface area contributed by atoms with E-state index in [1.807, 2.05) is 0 Å². The zero-order valence-corrected chi connectivity index (χ0v) is 12.3. The summed E-state index contributed by atoms with van der Waals surface area (Å²) in [6.07, 6.45) is 15.8. The molecule has 106 valence electrons. The molecule has 1 aliphatic carbocycles. The van der Waals surface area contributed by atoms with Gasteiger partial charge in [0.1, 0.15) is 0 Å². The lowest BCUT2D eigenvalue weighted by Crippen LogP contribution is -2.31. The molecule has 19 heavy (non-hydrogen) atoms. The van der Waals surface area contributed by atoms with Crippen LogP contribution in [0.2, 0.25) is 0 Å². The average molecular weight is 260 g/mol. The number of hydrogen-bond acceptors (Lipinski definition) is 2. The Kier molecular flexibility index (Phi) is 6.38. The van der Waals surface area contributed by atoms with E-state index in [2.05, 4.69) is 41.9 Å². The van der Waals surface area contributed by atoms with E-state index in [4.69, 9.17) is 0 Å². The first-order valence-electron chi connectivity index (χ1n) is 7.77. The lowest BCUT2D eigenvalue weighted by Gasteiger charge is -2.22. The molecule has 0 amide bonds. The molecule has 2 heteroatoms. The molecular weight excluding hydrogens is 232 g/mol. The van der Waals surface area contributed by atoms with Crippen molar-refractivity contribution >= 4 is 0 Å². The topological polar surface area (TPSA) is 24.1 Å². The van der Waals surface area contributed by atoms with E-state index in [0.717, 1.165) is 25.6 Å². The van der Waals surface area contributed by atoms with Gasteiger partial charge in [-0.3, -0.25) is 0 Å². The molecule has 2 nitrogen and oxygen atoms in total. The highest BCUT2D eigenvalue weighted by Gasteiger charge is 2.13. The number of hydrogen-bond donors (Lipinski definition) is 2. The lowest BCUT2D eigenvalue weighted by molar-refractivity contribution is 0.429. The van der Waals surface area contributed by atoms with Gasteiger partial charge in [-0.2, -0.15) is 0 Å². The van der Waals surface area contributed by atoms with Gasteiger partial charge in [0.15, 0.2) is 0 Å². The summed E-state index contributed by atoms with van der Waals surface area (Å²) in [5, 5.41) is 7.03. The van der Waals surface area contributed by atoms with Crippen LogP contribution in [0.5, 0.6) is 0 Å². The molecule has 0 aromatic heterocycles. The van der Waals surface area contributed by atoms with Gasteiger partial charge >= 0.3 is 0 Å². The molecule has 0 saturated heterocycles. The number of nitrogens with one attached hydrogen (secondary N) is 2. The molecule has 3 rings (SSSR count). The van der Waals surface area contributed by atoms with Crippen LogP contribution >= 0.6 is 0 Å². The van der Waals surface area contributed by atoms with Crippen molar-refractivity contribution in [1.29, 1.82) is 0 Å². The van der Waals surface area contributed by atoms with Crippen LogP contribution in [0.3, 0.4) is 0 Å². The Labute approximate surface area is 118 Å². The third kappa shape index (κ3) is 5.75. The molecule has 2 aliphatic heterocycles. The molecule has 0 aromatic rings. The summed E-state index contributed by atoms with van der Waals surface area (Å²) >= 11 is 0. The van der Waals surface area contributed by atoms with Crippen molar-refractivity contribution in [2.75, 3.05) is 26.2 Å². The van der Waals surface area contributed by atoms with Crippen LogP contribution < -0.4 is 10.6 Å². The van der Waals surface area contributed by atoms with E-state index in [-0.39, 0.29) is 0 Å². The van der Waals surface area contributed by atoms with Crippen molar-refractivity contribution in [3.63, 3.8) is 0 Å². The fourth-order valence-electron chi connectivity index (χ4n) is 2.78. The monoisotopic (exact) mass is 260 g/mol. The second kappa shape index (κ2) is 8.34. The zero-order valence-electron chi connectivity index (χ0n) is 12.3. The zero-order chi connectivity index (χ0) is 13.3. The van der Waals surface area contributed by atoms with Gasteiger partial charge in [0.25, 0.3) is 0 Å². The third-order valence-electron chi connectivity index (χ3n) is 4.11. The SMILES string of the molecule is CC1=C\CNCCNCC2CC=C(CC\C=C\1)CC2. The summed E-state index contributed by atoms with van der Waals surface area (Å²) in [7, 11) is 0. The quantitative estimate of drug-likeness (QED) is 0.654. The maximum Gasteiger partial charge on any atom is 0.0141 e. The van der Waals surface area contributed by atoms with E-state index in [1.54, 1.807) is 5.57 Å². The van der Waals surface area contributed by atoms with Gasteiger partial charge in [0.2, 0.25) is 0 Å². The Balaban J connectivity index is 1.89. The lowest BCUT2D eigenvalue weighted by atomic mass is 9.87. The summed E-state index contributed by atoms with van der Waals surface area (Å²) < 4.78 is 0. The van der Waals surface area contributed by atoms with Crippen molar-refractivity contribution < 1.29 is 0 Å².